The first-order chi connectivity index (χ1) is 13.2. The monoisotopic (exact) mass is 373 g/mol. The van der Waals surface area contributed by atoms with E-state index in [0.717, 1.165) is 37.0 Å². The Kier molecular flexibility index (Phi) is 7.54. The molecule has 4 heteroatoms. The van der Waals surface area contributed by atoms with Crippen LogP contribution in [-0.2, 0) is 4.79 Å². The second-order valence-corrected chi connectivity index (χ2v) is 8.40. The van der Waals surface area contributed by atoms with Gasteiger partial charge in [-0.15, -0.1) is 0 Å². The molecule has 3 rings (SSSR count). The summed E-state index contributed by atoms with van der Waals surface area (Å²) in [5.74, 6) is 3.73. The van der Waals surface area contributed by atoms with Crippen LogP contribution >= 0.6 is 0 Å². The first-order valence-corrected chi connectivity index (χ1v) is 11.0. The molecule has 0 bridgehead atoms. The summed E-state index contributed by atoms with van der Waals surface area (Å²) >= 11 is 0. The van der Waals surface area contributed by atoms with Gasteiger partial charge in [0.15, 0.2) is 0 Å². The van der Waals surface area contributed by atoms with Crippen LogP contribution in [0.3, 0.4) is 0 Å². The van der Waals surface area contributed by atoms with Crippen LogP contribution in [0.25, 0.3) is 0 Å². The first-order valence-electron chi connectivity index (χ1n) is 11.0. The molecule has 1 aromatic rings. The highest BCUT2D eigenvalue weighted by Crippen LogP contribution is 2.42. The highest BCUT2D eigenvalue weighted by atomic mass is 16.5. The second-order valence-electron chi connectivity index (χ2n) is 8.40. The molecule has 0 spiro atoms. The maximum atomic E-state index is 12.5. The van der Waals surface area contributed by atoms with Crippen molar-refractivity contribution in [2.45, 2.75) is 78.1 Å². The molecular formula is C23H35NO3. The molecule has 0 saturated heterocycles. The third-order valence-electron chi connectivity index (χ3n) is 6.62. The first kappa shape index (κ1) is 20.2. The van der Waals surface area contributed by atoms with Gasteiger partial charge in [0.25, 0.3) is 0 Å². The van der Waals surface area contributed by atoms with E-state index in [1.807, 2.05) is 0 Å². The van der Waals surface area contributed by atoms with Gasteiger partial charge in [-0.3, -0.25) is 4.79 Å². The zero-order valence-corrected chi connectivity index (χ0v) is 17.0. The van der Waals surface area contributed by atoms with E-state index < -0.39 is 0 Å². The topological polar surface area (TPSA) is 48.4 Å². The lowest BCUT2D eigenvalue weighted by Crippen LogP contribution is -2.30. The lowest BCUT2D eigenvalue weighted by Gasteiger charge is -2.37. The van der Waals surface area contributed by atoms with Crippen LogP contribution in [0, 0.1) is 23.7 Å². The average Bonchev–Trinajstić information content (AvgIpc) is 2.73. The fourth-order valence-electron chi connectivity index (χ4n) is 4.81. The molecule has 2 saturated carbocycles. The molecule has 1 heterocycles. The summed E-state index contributed by atoms with van der Waals surface area (Å²) in [4.78, 5) is 16.7. The largest absolute Gasteiger partial charge is 0.478 e. The van der Waals surface area contributed by atoms with Crippen molar-refractivity contribution in [1.82, 2.24) is 4.98 Å². The molecule has 2 aliphatic carbocycles. The zero-order chi connectivity index (χ0) is 19.1. The van der Waals surface area contributed by atoms with Crippen molar-refractivity contribution in [3.8, 4) is 11.6 Å². The Labute approximate surface area is 164 Å². The van der Waals surface area contributed by atoms with Crippen LogP contribution in [0.15, 0.2) is 18.3 Å². The fraction of sp³-hybridized carbons (Fsp3) is 0.739. The molecule has 4 nitrogen and oxygen atoms in total. The number of hydrogen-bond donors (Lipinski definition) is 0. The Morgan fingerprint density at radius 1 is 1.00 bits per heavy atom. The number of esters is 1. The van der Waals surface area contributed by atoms with E-state index in [0.29, 0.717) is 18.2 Å². The van der Waals surface area contributed by atoms with Crippen LogP contribution in [0.4, 0.5) is 0 Å². The molecule has 1 aromatic heterocycles. The zero-order valence-electron chi connectivity index (χ0n) is 17.0. The van der Waals surface area contributed by atoms with Crippen LogP contribution in [-0.4, -0.2) is 17.6 Å². The van der Waals surface area contributed by atoms with Crippen molar-refractivity contribution in [2.75, 3.05) is 6.61 Å². The van der Waals surface area contributed by atoms with E-state index in [2.05, 4.69) is 18.8 Å². The Balaban J connectivity index is 1.42. The minimum Gasteiger partial charge on any atom is -0.478 e. The smallest absolute Gasteiger partial charge is 0.314 e. The summed E-state index contributed by atoms with van der Waals surface area (Å²) < 4.78 is 11.0. The molecule has 0 aromatic carbocycles. The van der Waals surface area contributed by atoms with Gasteiger partial charge in [-0.1, -0.05) is 33.1 Å². The summed E-state index contributed by atoms with van der Waals surface area (Å²) in [5.41, 5.74) is 0. The summed E-state index contributed by atoms with van der Waals surface area (Å²) in [5, 5.41) is 0. The van der Waals surface area contributed by atoms with Crippen LogP contribution < -0.4 is 9.47 Å². The Bertz CT molecular complexity index is 570. The van der Waals surface area contributed by atoms with Gasteiger partial charge in [-0.2, -0.15) is 0 Å². The fourth-order valence-corrected chi connectivity index (χ4v) is 4.81. The molecular weight excluding hydrogens is 338 g/mol. The SMILES string of the molecule is CCCOc1ccc(OC(=O)C2CCC(C3CCC(CC)CC3)CC2)cn1. The molecule has 0 amide bonds. The summed E-state index contributed by atoms with van der Waals surface area (Å²) in [6, 6.07) is 3.54. The van der Waals surface area contributed by atoms with Crippen molar-refractivity contribution in [3.63, 3.8) is 0 Å². The van der Waals surface area contributed by atoms with Crippen molar-refractivity contribution < 1.29 is 14.3 Å². The van der Waals surface area contributed by atoms with Gasteiger partial charge in [0.2, 0.25) is 5.88 Å². The molecule has 0 radical (unpaired) electrons. The molecule has 0 unspecified atom stereocenters. The van der Waals surface area contributed by atoms with E-state index >= 15 is 0 Å². The normalized spacial score (nSPS) is 28.5. The number of ether oxygens (including phenoxy) is 2. The molecule has 0 N–H and O–H groups in total. The maximum absolute atomic E-state index is 12.5. The number of nitrogens with zero attached hydrogens (tertiary/aromatic N) is 1. The second kappa shape index (κ2) is 10.1. The van der Waals surface area contributed by atoms with Crippen molar-refractivity contribution in [1.29, 1.82) is 0 Å². The molecule has 2 fully saturated rings. The number of aromatic nitrogens is 1. The number of carbonyl (C=O) groups excluding carboxylic acids is 1. The number of rotatable bonds is 7. The van der Waals surface area contributed by atoms with Crippen molar-refractivity contribution in [2.24, 2.45) is 23.7 Å². The summed E-state index contributed by atoms with van der Waals surface area (Å²) in [6.45, 7) is 5.03. The minimum absolute atomic E-state index is 0.0456. The highest BCUT2D eigenvalue weighted by Gasteiger charge is 2.33. The molecule has 27 heavy (non-hydrogen) atoms. The lowest BCUT2D eigenvalue weighted by atomic mass is 9.69. The van der Waals surface area contributed by atoms with Crippen molar-refractivity contribution >= 4 is 5.97 Å². The van der Waals surface area contributed by atoms with Crippen LogP contribution in [0.5, 0.6) is 11.6 Å². The summed E-state index contributed by atoms with van der Waals surface area (Å²) in [6.07, 6.45) is 13.8. The van der Waals surface area contributed by atoms with Gasteiger partial charge < -0.3 is 9.47 Å². The van der Waals surface area contributed by atoms with E-state index in [-0.39, 0.29) is 11.9 Å². The Morgan fingerprint density at radius 3 is 2.22 bits per heavy atom. The average molecular weight is 374 g/mol. The predicted octanol–water partition coefficient (Wildman–Crippen LogP) is 5.80. The highest BCUT2D eigenvalue weighted by molar-refractivity contribution is 5.75. The minimum atomic E-state index is -0.0906. The van der Waals surface area contributed by atoms with E-state index in [4.69, 9.17) is 9.47 Å². The molecule has 0 atom stereocenters. The van der Waals surface area contributed by atoms with E-state index in [1.165, 1.54) is 44.9 Å². The third-order valence-corrected chi connectivity index (χ3v) is 6.62. The molecule has 0 aliphatic heterocycles. The number of carbonyl (C=O) groups is 1. The van der Waals surface area contributed by atoms with Crippen molar-refractivity contribution in [3.05, 3.63) is 18.3 Å². The van der Waals surface area contributed by atoms with Crippen LogP contribution in [0.1, 0.15) is 78.1 Å². The standard InChI is InChI=1S/C23H35NO3/c1-3-15-26-22-14-13-21(16-24-22)27-23(25)20-11-9-19(10-12-20)18-7-5-17(4-2)6-8-18/h13-14,16-20H,3-12,15H2,1-2H3. The lowest BCUT2D eigenvalue weighted by molar-refractivity contribution is -0.140. The van der Waals surface area contributed by atoms with E-state index in [1.54, 1.807) is 18.3 Å². The number of pyridine rings is 1. The van der Waals surface area contributed by atoms with Gasteiger partial charge in [0, 0.05) is 6.07 Å². The predicted molar refractivity (Wildman–Crippen MR) is 107 cm³/mol. The quantitative estimate of drug-likeness (QED) is 0.567. The van der Waals surface area contributed by atoms with E-state index in [9.17, 15) is 4.79 Å². The van der Waals surface area contributed by atoms with Gasteiger partial charge in [-0.25, -0.2) is 4.98 Å². The van der Waals surface area contributed by atoms with Gasteiger partial charge in [0.1, 0.15) is 5.75 Å². The van der Waals surface area contributed by atoms with Crippen LogP contribution in [0.2, 0.25) is 0 Å². The van der Waals surface area contributed by atoms with Gasteiger partial charge in [-0.05, 0) is 68.8 Å². The van der Waals surface area contributed by atoms with Gasteiger partial charge >= 0.3 is 5.97 Å². The third kappa shape index (κ3) is 5.70. The molecule has 150 valence electrons. The maximum Gasteiger partial charge on any atom is 0.314 e. The summed E-state index contributed by atoms with van der Waals surface area (Å²) in [7, 11) is 0. The number of hydrogen-bond acceptors (Lipinski definition) is 4. The molecule has 2 aliphatic rings. The Morgan fingerprint density at radius 2 is 1.67 bits per heavy atom. The van der Waals surface area contributed by atoms with Gasteiger partial charge in [0.05, 0.1) is 18.7 Å². The Hall–Kier alpha value is -1.58.